The Morgan fingerprint density at radius 1 is 0.676 bits per heavy atom. The molecule has 0 aromatic carbocycles. The summed E-state index contributed by atoms with van der Waals surface area (Å²) in [4.78, 5) is 1.80. The Hall–Kier alpha value is -1.53. The number of halogens is 19. The van der Waals surface area contributed by atoms with Gasteiger partial charge in [0.15, 0.2) is 0 Å². The van der Waals surface area contributed by atoms with E-state index in [-0.39, 0.29) is 0 Å². The van der Waals surface area contributed by atoms with Crippen LogP contribution in [-0.4, -0.2) is 48.7 Å². The topological polar surface area (TPSA) is 16.8 Å². The van der Waals surface area contributed by atoms with Gasteiger partial charge in [0.1, 0.15) is 6.20 Å². The third kappa shape index (κ3) is 8.01. The Labute approximate surface area is 175 Å². The quantitative estimate of drug-likeness (QED) is 0.243. The molecule has 1 unspecified atom stereocenters. The van der Waals surface area contributed by atoms with Gasteiger partial charge in [-0.25, -0.2) is 0 Å². The van der Waals surface area contributed by atoms with Gasteiger partial charge in [0.2, 0.25) is 0 Å². The standard InChI is InChI=1S/C12H9F13N2.F6P/c1-27-5-4-26-6(27)9(18,19)11(22,23)12(24,25)10(20,21)7(13,14)2-3-8(15,16)17;1-7(2,3,4,5)6/h4-5H,2-3H2,1H3;/q;-1/p+1. The van der Waals surface area contributed by atoms with Gasteiger partial charge in [-0.2, -0.15) is 62.1 Å². The number of hydrogen-bond donors (Lipinski definition) is 1. The van der Waals surface area contributed by atoms with Gasteiger partial charge in [0.05, 0.1) is 13.2 Å². The van der Waals surface area contributed by atoms with Crippen molar-refractivity contribution in [2.75, 3.05) is 7.05 Å². The number of amidine groups is 1. The fourth-order valence-corrected chi connectivity index (χ4v) is 1.96. The molecule has 0 fully saturated rings. The zero-order valence-corrected chi connectivity index (χ0v) is 16.5. The van der Waals surface area contributed by atoms with Crippen molar-refractivity contribution in [1.29, 1.82) is 0 Å². The Balaban J connectivity index is 0.00000135. The molecular formula is C12H10F19N2P. The molecule has 0 radical (unpaired) electrons. The fourth-order valence-electron chi connectivity index (χ4n) is 1.96. The first-order valence-corrected chi connectivity index (χ1v) is 9.81. The Bertz CT molecular complexity index is 792. The van der Waals surface area contributed by atoms with Crippen molar-refractivity contribution in [3.8, 4) is 0 Å². The second-order valence-electron chi connectivity index (χ2n) is 6.55. The molecule has 0 amide bonds. The predicted octanol–water partition coefficient (Wildman–Crippen LogP) is 7.29. The van der Waals surface area contributed by atoms with Gasteiger partial charge in [-0.05, 0) is 0 Å². The van der Waals surface area contributed by atoms with Crippen LogP contribution >= 0.6 is 7.81 Å². The average Bonchev–Trinajstić information content (AvgIpc) is 2.95. The van der Waals surface area contributed by atoms with Crippen LogP contribution in [0.2, 0.25) is 0 Å². The van der Waals surface area contributed by atoms with Crippen LogP contribution in [0.3, 0.4) is 0 Å². The molecule has 0 aliphatic carbocycles. The van der Waals surface area contributed by atoms with Gasteiger partial charge in [-0.15, -0.1) is 0 Å². The summed E-state index contributed by atoms with van der Waals surface area (Å²) in [5.74, 6) is -36.4. The molecule has 22 heteroatoms. The third-order valence-electron chi connectivity index (χ3n) is 3.56. The summed E-state index contributed by atoms with van der Waals surface area (Å²) in [5.41, 5.74) is 0. The molecule has 2 nitrogen and oxygen atoms in total. The zero-order chi connectivity index (χ0) is 28.1. The number of aliphatic imine (C=N–C) groups is 1. The minimum absolute atomic E-state index is 0.447. The summed E-state index contributed by atoms with van der Waals surface area (Å²) < 4.78 is 230. The van der Waals surface area contributed by atoms with Crippen molar-refractivity contribution in [3.63, 3.8) is 0 Å². The van der Waals surface area contributed by atoms with E-state index in [2.05, 4.69) is 4.99 Å². The number of nitrogens with one attached hydrogen (secondary N) is 1. The van der Waals surface area contributed by atoms with E-state index in [1.165, 1.54) is 0 Å². The Morgan fingerprint density at radius 2 is 1.06 bits per heavy atom. The molecule has 0 aromatic heterocycles. The number of quaternary nitrogens is 1. The molecule has 1 aliphatic heterocycles. The number of alkyl halides is 13. The van der Waals surface area contributed by atoms with E-state index in [0.717, 1.165) is 0 Å². The average molecular weight is 574 g/mol. The van der Waals surface area contributed by atoms with Crippen LogP contribution in [0.1, 0.15) is 12.8 Å². The van der Waals surface area contributed by atoms with Crippen molar-refractivity contribution in [2.24, 2.45) is 4.99 Å². The number of hydrogen-bond acceptors (Lipinski definition) is 1. The SMILES string of the molecule is C[NH+]1C=CN=C1C(F)(F)C(F)(F)C(F)(F)C(F)(F)C(F)(F)CCC(F)(F)F.F[P-](F)(F)(F)(F)F. The summed E-state index contributed by atoms with van der Waals surface area (Å²) in [7, 11) is -9.98. The van der Waals surface area contributed by atoms with Gasteiger partial charge in [0.25, 0.3) is 5.84 Å². The van der Waals surface area contributed by atoms with Crippen LogP contribution in [-0.2, 0) is 0 Å². The Morgan fingerprint density at radius 3 is 1.35 bits per heavy atom. The minimum atomic E-state index is -10.7. The van der Waals surface area contributed by atoms with Gasteiger partial charge in [-0.3, -0.25) is 4.90 Å². The number of rotatable bonds is 7. The van der Waals surface area contributed by atoms with Crippen molar-refractivity contribution in [3.05, 3.63) is 12.4 Å². The zero-order valence-electron chi connectivity index (χ0n) is 15.6. The molecule has 0 aromatic rings. The van der Waals surface area contributed by atoms with Crippen LogP contribution in [0.25, 0.3) is 0 Å². The molecular weight excluding hydrogens is 564 g/mol. The van der Waals surface area contributed by atoms with Crippen molar-refractivity contribution in [2.45, 2.75) is 48.6 Å². The van der Waals surface area contributed by atoms with E-state index >= 15 is 0 Å². The van der Waals surface area contributed by atoms with Gasteiger partial charge < -0.3 is 0 Å². The third-order valence-corrected chi connectivity index (χ3v) is 3.56. The molecule has 1 rings (SSSR count). The van der Waals surface area contributed by atoms with E-state index in [4.69, 9.17) is 0 Å². The van der Waals surface area contributed by atoms with E-state index in [1.54, 1.807) is 0 Å². The second kappa shape index (κ2) is 7.99. The van der Waals surface area contributed by atoms with Gasteiger partial charge in [-0.1, -0.05) is 0 Å². The molecule has 0 spiro atoms. The van der Waals surface area contributed by atoms with E-state index < -0.39 is 67.2 Å². The molecule has 34 heavy (non-hydrogen) atoms. The first kappa shape index (κ1) is 32.5. The van der Waals surface area contributed by atoms with Crippen molar-refractivity contribution >= 4 is 13.6 Å². The fraction of sp³-hybridized carbons (Fsp3) is 0.750. The molecule has 1 N–H and O–H groups in total. The van der Waals surface area contributed by atoms with Crippen LogP contribution in [0, 0.1) is 0 Å². The molecule has 206 valence electrons. The molecule has 1 atom stereocenters. The van der Waals surface area contributed by atoms with Gasteiger partial charge in [0, 0.05) is 12.8 Å². The first-order valence-electron chi connectivity index (χ1n) is 7.78. The molecule has 0 saturated carbocycles. The van der Waals surface area contributed by atoms with Crippen molar-refractivity contribution in [1.82, 2.24) is 0 Å². The van der Waals surface area contributed by atoms with E-state index in [1.807, 2.05) is 0 Å². The maximum absolute atomic E-state index is 13.8. The van der Waals surface area contributed by atoms with E-state index in [0.29, 0.717) is 19.4 Å². The molecule has 1 aliphatic rings. The van der Waals surface area contributed by atoms with Crippen LogP contribution in [0.5, 0.6) is 0 Å². The first-order chi connectivity index (χ1) is 14.2. The summed E-state index contributed by atoms with van der Waals surface area (Å²) in [6.45, 7) is 0. The summed E-state index contributed by atoms with van der Waals surface area (Å²) >= 11 is 0. The van der Waals surface area contributed by atoms with Crippen molar-refractivity contribution < 1.29 is 87.2 Å². The predicted molar refractivity (Wildman–Crippen MR) is 77.1 cm³/mol. The Kier molecular flexibility index (Phi) is 7.63. The molecule has 0 saturated heterocycles. The monoisotopic (exact) mass is 574 g/mol. The van der Waals surface area contributed by atoms with Crippen LogP contribution < -0.4 is 4.90 Å². The van der Waals surface area contributed by atoms with E-state index in [9.17, 15) is 82.3 Å². The van der Waals surface area contributed by atoms with Crippen LogP contribution in [0.4, 0.5) is 82.3 Å². The van der Waals surface area contributed by atoms with Gasteiger partial charge >= 0.3 is 68.8 Å². The van der Waals surface area contributed by atoms with Crippen LogP contribution in [0.15, 0.2) is 17.4 Å². The molecule has 0 bridgehead atoms. The number of nitrogens with zero attached hydrogens (tertiary/aromatic N) is 1. The summed E-state index contributed by atoms with van der Waals surface area (Å²) in [6.07, 6.45) is -10.2. The second-order valence-corrected chi connectivity index (χ2v) is 8.47. The maximum atomic E-state index is 13.8. The summed E-state index contributed by atoms with van der Waals surface area (Å²) in [5, 5.41) is 0. The summed E-state index contributed by atoms with van der Waals surface area (Å²) in [6, 6.07) is 0. The normalized spacial score (nSPS) is 20.8. The molecule has 1 heterocycles.